The molecule has 1 unspecified atom stereocenters. The quantitative estimate of drug-likeness (QED) is 0.546. The summed E-state index contributed by atoms with van der Waals surface area (Å²) in [4.78, 5) is 15.3. The van der Waals surface area contributed by atoms with Gasteiger partial charge in [-0.25, -0.2) is 0 Å². The van der Waals surface area contributed by atoms with E-state index in [-0.39, 0.29) is 11.9 Å². The van der Waals surface area contributed by atoms with Gasteiger partial charge in [0.05, 0.1) is 16.6 Å². The van der Waals surface area contributed by atoms with E-state index in [0.29, 0.717) is 22.2 Å². The maximum atomic E-state index is 13.4. The van der Waals surface area contributed by atoms with Crippen LogP contribution in [-0.4, -0.2) is 21.9 Å². The Balaban J connectivity index is 1.82. The molecule has 1 amide bonds. The number of fused-ring (bicyclic) bond motifs is 1. The Bertz CT molecular complexity index is 1020. The summed E-state index contributed by atoms with van der Waals surface area (Å²) in [6, 6.07) is 15.4. The van der Waals surface area contributed by atoms with Crippen molar-refractivity contribution >= 4 is 29.1 Å². The van der Waals surface area contributed by atoms with Gasteiger partial charge in [0.15, 0.2) is 0 Å². The van der Waals surface area contributed by atoms with Crippen LogP contribution in [0.5, 0.6) is 0 Å². The first-order valence-corrected chi connectivity index (χ1v) is 9.69. The maximum Gasteiger partial charge on any atom is 0.256 e. The fraction of sp³-hybridized carbons (Fsp3) is 0.227. The Kier molecular flexibility index (Phi) is 4.75. The van der Waals surface area contributed by atoms with Crippen molar-refractivity contribution in [1.82, 2.24) is 9.47 Å². The summed E-state index contributed by atoms with van der Waals surface area (Å²) in [5.41, 5.74) is 5.12. The molecule has 1 aliphatic rings. The van der Waals surface area contributed by atoms with Gasteiger partial charge in [0.2, 0.25) is 0 Å². The second-order valence-corrected chi connectivity index (χ2v) is 7.86. The van der Waals surface area contributed by atoms with Crippen LogP contribution < -0.4 is 0 Å². The number of nitrogens with zero attached hydrogens (tertiary/aromatic N) is 2. The number of hydrogen-bond donors (Lipinski definition) is 0. The largest absolute Gasteiger partial charge is 0.348 e. The summed E-state index contributed by atoms with van der Waals surface area (Å²) in [6.07, 6.45) is 2.07. The molecule has 2 aromatic carbocycles. The average Bonchev–Trinajstić information content (AvgIpc) is 3.09. The number of carbonyl (C=O) groups is 1. The highest BCUT2D eigenvalue weighted by Gasteiger charge is 2.34. The SMILES string of the molecule is Cc1ccc(C2c3cccn3CCN2C(=O)c2ccc(Cl)cc2Cl)c(C)c1. The van der Waals surface area contributed by atoms with Crippen molar-refractivity contribution in [2.24, 2.45) is 0 Å². The molecule has 5 heteroatoms. The molecule has 138 valence electrons. The van der Waals surface area contributed by atoms with Crippen molar-refractivity contribution in [3.63, 3.8) is 0 Å². The minimum atomic E-state index is -0.145. The zero-order valence-electron chi connectivity index (χ0n) is 15.2. The Hall–Kier alpha value is -2.23. The lowest BCUT2D eigenvalue weighted by molar-refractivity contribution is 0.0664. The van der Waals surface area contributed by atoms with Crippen molar-refractivity contribution in [2.75, 3.05) is 6.54 Å². The molecule has 1 aromatic heterocycles. The Morgan fingerprint density at radius 2 is 1.85 bits per heavy atom. The number of hydrogen-bond acceptors (Lipinski definition) is 1. The number of carbonyl (C=O) groups excluding carboxylic acids is 1. The van der Waals surface area contributed by atoms with E-state index in [1.165, 1.54) is 11.1 Å². The van der Waals surface area contributed by atoms with E-state index in [4.69, 9.17) is 23.2 Å². The van der Waals surface area contributed by atoms with Crippen molar-refractivity contribution in [2.45, 2.75) is 26.4 Å². The van der Waals surface area contributed by atoms with Gasteiger partial charge in [0.1, 0.15) is 0 Å². The molecule has 0 radical (unpaired) electrons. The van der Waals surface area contributed by atoms with E-state index < -0.39 is 0 Å². The highest BCUT2D eigenvalue weighted by Crippen LogP contribution is 2.36. The number of aryl methyl sites for hydroxylation is 2. The molecule has 27 heavy (non-hydrogen) atoms. The number of halogens is 2. The highest BCUT2D eigenvalue weighted by molar-refractivity contribution is 6.36. The maximum absolute atomic E-state index is 13.4. The summed E-state index contributed by atoms with van der Waals surface area (Å²) in [5.74, 6) is -0.0749. The summed E-state index contributed by atoms with van der Waals surface area (Å²) >= 11 is 12.3. The molecule has 3 aromatic rings. The van der Waals surface area contributed by atoms with Crippen LogP contribution in [0.4, 0.5) is 0 Å². The van der Waals surface area contributed by atoms with Crippen molar-refractivity contribution in [1.29, 1.82) is 0 Å². The average molecular weight is 399 g/mol. The lowest BCUT2D eigenvalue weighted by Gasteiger charge is -2.38. The molecule has 0 spiro atoms. The lowest BCUT2D eigenvalue weighted by Crippen LogP contribution is -2.42. The van der Waals surface area contributed by atoms with Crippen LogP contribution in [0.3, 0.4) is 0 Å². The van der Waals surface area contributed by atoms with Crippen LogP contribution in [0.25, 0.3) is 0 Å². The monoisotopic (exact) mass is 398 g/mol. The molecular formula is C22H20Cl2N2O. The Morgan fingerprint density at radius 3 is 2.59 bits per heavy atom. The van der Waals surface area contributed by atoms with Gasteiger partial charge < -0.3 is 9.47 Å². The van der Waals surface area contributed by atoms with Gasteiger partial charge in [-0.15, -0.1) is 0 Å². The van der Waals surface area contributed by atoms with Crippen molar-refractivity contribution in [3.05, 3.63) is 92.7 Å². The van der Waals surface area contributed by atoms with Crippen LogP contribution in [0.15, 0.2) is 54.7 Å². The van der Waals surface area contributed by atoms with E-state index in [1.807, 2.05) is 11.0 Å². The standard InChI is InChI=1S/C22H20Cl2N2O/c1-14-5-7-17(15(2)12-14)21-20-4-3-9-25(20)10-11-26(21)22(27)18-8-6-16(23)13-19(18)24/h3-9,12-13,21H,10-11H2,1-2H3. The first kappa shape index (κ1) is 18.1. The van der Waals surface area contributed by atoms with Crippen LogP contribution >= 0.6 is 23.2 Å². The van der Waals surface area contributed by atoms with Gasteiger partial charge in [0.25, 0.3) is 5.91 Å². The van der Waals surface area contributed by atoms with E-state index in [1.54, 1.807) is 18.2 Å². The van der Waals surface area contributed by atoms with E-state index in [9.17, 15) is 4.79 Å². The molecule has 0 aliphatic carbocycles. The number of aromatic nitrogens is 1. The molecule has 0 saturated heterocycles. The smallest absolute Gasteiger partial charge is 0.256 e. The highest BCUT2D eigenvalue weighted by atomic mass is 35.5. The molecule has 0 fully saturated rings. The molecule has 3 nitrogen and oxygen atoms in total. The molecular weight excluding hydrogens is 379 g/mol. The second-order valence-electron chi connectivity index (χ2n) is 7.01. The predicted molar refractivity (Wildman–Crippen MR) is 110 cm³/mol. The molecule has 0 saturated carbocycles. The molecule has 1 atom stereocenters. The topological polar surface area (TPSA) is 25.2 Å². The fourth-order valence-electron chi connectivity index (χ4n) is 3.88. The number of rotatable bonds is 2. The van der Waals surface area contributed by atoms with E-state index in [0.717, 1.165) is 17.8 Å². The van der Waals surface area contributed by atoms with Crippen LogP contribution in [0.2, 0.25) is 10.0 Å². The van der Waals surface area contributed by atoms with Gasteiger partial charge in [-0.3, -0.25) is 4.79 Å². The molecule has 2 heterocycles. The second kappa shape index (κ2) is 7.06. The number of benzene rings is 2. The van der Waals surface area contributed by atoms with Gasteiger partial charge in [0, 0.05) is 30.0 Å². The summed E-state index contributed by atoms with van der Waals surface area (Å²) < 4.78 is 2.22. The van der Waals surface area contributed by atoms with Gasteiger partial charge in [-0.05, 0) is 55.3 Å². The first-order chi connectivity index (χ1) is 13.0. The van der Waals surface area contributed by atoms with Crippen molar-refractivity contribution < 1.29 is 4.79 Å². The summed E-state index contributed by atoms with van der Waals surface area (Å²) in [6.45, 7) is 5.57. The molecule has 0 N–H and O–H groups in total. The zero-order valence-corrected chi connectivity index (χ0v) is 16.8. The minimum Gasteiger partial charge on any atom is -0.348 e. The summed E-state index contributed by atoms with van der Waals surface area (Å²) in [5, 5.41) is 0.905. The lowest BCUT2D eigenvalue weighted by atomic mass is 9.94. The van der Waals surface area contributed by atoms with Gasteiger partial charge in [-0.2, -0.15) is 0 Å². The minimum absolute atomic E-state index is 0.0749. The van der Waals surface area contributed by atoms with Gasteiger partial charge in [-0.1, -0.05) is 47.0 Å². The summed E-state index contributed by atoms with van der Waals surface area (Å²) in [7, 11) is 0. The van der Waals surface area contributed by atoms with Crippen molar-refractivity contribution in [3.8, 4) is 0 Å². The van der Waals surface area contributed by atoms with E-state index in [2.05, 4.69) is 48.9 Å². The van der Waals surface area contributed by atoms with Gasteiger partial charge >= 0.3 is 0 Å². The Labute approximate surface area is 169 Å². The molecule has 4 rings (SSSR count). The Morgan fingerprint density at radius 1 is 1.04 bits per heavy atom. The van der Waals surface area contributed by atoms with Crippen LogP contribution in [0.1, 0.15) is 38.8 Å². The third-order valence-electron chi connectivity index (χ3n) is 5.18. The number of amides is 1. The predicted octanol–water partition coefficient (Wildman–Crippen LogP) is 5.66. The zero-order chi connectivity index (χ0) is 19.1. The molecule has 0 bridgehead atoms. The van der Waals surface area contributed by atoms with Crippen LogP contribution in [0, 0.1) is 13.8 Å². The molecule has 1 aliphatic heterocycles. The first-order valence-electron chi connectivity index (χ1n) is 8.94. The third kappa shape index (κ3) is 3.26. The third-order valence-corrected chi connectivity index (χ3v) is 5.73. The fourth-order valence-corrected chi connectivity index (χ4v) is 4.37. The van der Waals surface area contributed by atoms with E-state index >= 15 is 0 Å². The normalized spacial score (nSPS) is 16.3. The van der Waals surface area contributed by atoms with Crippen LogP contribution in [-0.2, 0) is 6.54 Å².